The molecule has 0 bridgehead atoms. The normalized spacial score (nSPS) is 13.7. The van der Waals surface area contributed by atoms with Gasteiger partial charge in [0.2, 0.25) is 11.8 Å². The fourth-order valence-corrected chi connectivity index (χ4v) is 2.42. The number of hydrogen-bond acceptors (Lipinski definition) is 5. The van der Waals surface area contributed by atoms with Crippen LogP contribution in [0.1, 0.15) is 18.7 Å². The Labute approximate surface area is 111 Å². The van der Waals surface area contributed by atoms with E-state index in [4.69, 9.17) is 10.5 Å². The Hall–Kier alpha value is -1.57. The molecule has 1 unspecified atom stereocenters. The van der Waals surface area contributed by atoms with Crippen molar-refractivity contribution in [2.45, 2.75) is 32.5 Å². The molecule has 1 atom stereocenters. The van der Waals surface area contributed by atoms with Crippen LogP contribution in [-0.4, -0.2) is 22.2 Å². The summed E-state index contributed by atoms with van der Waals surface area (Å²) in [6.45, 7) is 2.87. The van der Waals surface area contributed by atoms with Crippen molar-refractivity contribution in [3.05, 3.63) is 10.9 Å². The van der Waals surface area contributed by atoms with Crippen molar-refractivity contribution in [1.29, 1.82) is 0 Å². The van der Waals surface area contributed by atoms with Crippen LogP contribution in [0.2, 0.25) is 0 Å². The second kappa shape index (κ2) is 4.84. The average Bonchev–Trinajstić information content (AvgIpc) is 2.70. The van der Waals surface area contributed by atoms with Crippen LogP contribution >= 0.6 is 11.3 Å². The van der Waals surface area contributed by atoms with Crippen LogP contribution in [0.4, 0.5) is 19.1 Å². The van der Waals surface area contributed by atoms with Crippen LogP contribution in [0.3, 0.4) is 0 Å². The van der Waals surface area contributed by atoms with Gasteiger partial charge in [0.25, 0.3) is 0 Å². The van der Waals surface area contributed by atoms with Gasteiger partial charge in [0.05, 0.1) is 5.39 Å². The highest BCUT2D eigenvalue weighted by atomic mass is 32.1. The number of nitrogens with zero attached hydrogens (tertiary/aromatic N) is 2. The van der Waals surface area contributed by atoms with Gasteiger partial charge >= 0.3 is 6.18 Å². The highest BCUT2D eigenvalue weighted by Gasteiger charge is 2.38. The van der Waals surface area contributed by atoms with E-state index in [2.05, 4.69) is 9.97 Å². The van der Waals surface area contributed by atoms with E-state index in [1.807, 2.05) is 6.92 Å². The summed E-state index contributed by atoms with van der Waals surface area (Å²) >= 11 is 1.37. The first-order valence-corrected chi connectivity index (χ1v) is 6.42. The van der Waals surface area contributed by atoms with Gasteiger partial charge in [-0.15, -0.1) is 11.3 Å². The summed E-state index contributed by atoms with van der Waals surface area (Å²) in [4.78, 5) is 9.27. The van der Waals surface area contributed by atoms with Crippen molar-refractivity contribution >= 4 is 27.5 Å². The number of nitrogens with two attached hydrogens (primary N) is 1. The minimum absolute atomic E-state index is 0.0959. The highest BCUT2D eigenvalue weighted by molar-refractivity contribution is 7.18. The average molecular weight is 291 g/mol. The molecule has 0 spiro atoms. The summed E-state index contributed by atoms with van der Waals surface area (Å²) in [5.74, 6) is -0.218. The lowest BCUT2D eigenvalue weighted by atomic mass is 10.3. The number of aryl methyl sites for hydroxylation is 1. The molecule has 104 valence electrons. The molecule has 0 aliphatic carbocycles. The summed E-state index contributed by atoms with van der Waals surface area (Å²) in [7, 11) is 0. The number of anilines is 1. The van der Waals surface area contributed by atoms with Gasteiger partial charge in [0, 0.05) is 4.88 Å². The number of rotatable bonds is 3. The van der Waals surface area contributed by atoms with E-state index in [-0.39, 0.29) is 11.8 Å². The van der Waals surface area contributed by atoms with Crippen LogP contribution in [0.25, 0.3) is 10.2 Å². The molecule has 2 aromatic rings. The first-order valence-electron chi connectivity index (χ1n) is 5.60. The van der Waals surface area contributed by atoms with E-state index in [1.54, 1.807) is 6.07 Å². The zero-order valence-corrected chi connectivity index (χ0v) is 11.1. The summed E-state index contributed by atoms with van der Waals surface area (Å²) in [5.41, 5.74) is 5.48. The van der Waals surface area contributed by atoms with Gasteiger partial charge in [-0.25, -0.2) is 4.98 Å². The van der Waals surface area contributed by atoms with Crippen molar-refractivity contribution in [2.75, 3.05) is 5.73 Å². The second-order valence-electron chi connectivity index (χ2n) is 3.97. The summed E-state index contributed by atoms with van der Waals surface area (Å²) < 4.78 is 42.4. The lowest BCUT2D eigenvalue weighted by Gasteiger charge is -2.17. The lowest BCUT2D eigenvalue weighted by molar-refractivity contribution is -0.189. The van der Waals surface area contributed by atoms with E-state index < -0.39 is 12.3 Å². The molecular weight excluding hydrogens is 279 g/mol. The summed E-state index contributed by atoms with van der Waals surface area (Å²) in [6, 6.07) is 1.73. The van der Waals surface area contributed by atoms with Crippen LogP contribution in [0.5, 0.6) is 5.88 Å². The molecule has 2 N–H and O–H groups in total. The van der Waals surface area contributed by atoms with Gasteiger partial charge in [-0.3, -0.25) is 0 Å². The summed E-state index contributed by atoms with van der Waals surface area (Å²) in [5, 5.41) is 0.465. The maximum absolute atomic E-state index is 12.5. The third kappa shape index (κ3) is 2.89. The first kappa shape index (κ1) is 13.9. The zero-order valence-electron chi connectivity index (χ0n) is 10.3. The molecule has 0 amide bonds. The quantitative estimate of drug-likeness (QED) is 0.943. The molecule has 0 radical (unpaired) electrons. The second-order valence-corrected chi connectivity index (χ2v) is 5.09. The molecule has 0 aliphatic rings. The van der Waals surface area contributed by atoms with Crippen LogP contribution in [0.15, 0.2) is 6.07 Å². The number of halogens is 3. The zero-order chi connectivity index (χ0) is 14.2. The van der Waals surface area contributed by atoms with Crippen molar-refractivity contribution in [3.8, 4) is 5.88 Å². The molecule has 0 saturated heterocycles. The van der Waals surface area contributed by atoms with E-state index in [0.717, 1.165) is 18.2 Å². The predicted molar refractivity (Wildman–Crippen MR) is 67.4 cm³/mol. The van der Waals surface area contributed by atoms with Crippen LogP contribution in [0, 0.1) is 0 Å². The maximum atomic E-state index is 12.5. The molecule has 2 aromatic heterocycles. The number of thiophene rings is 1. The van der Waals surface area contributed by atoms with E-state index >= 15 is 0 Å². The Kier molecular flexibility index (Phi) is 3.53. The minimum atomic E-state index is -4.45. The molecule has 2 rings (SSSR count). The fraction of sp³-hybridized carbons (Fsp3) is 0.455. The third-order valence-corrected chi connectivity index (χ3v) is 3.70. The van der Waals surface area contributed by atoms with Crippen molar-refractivity contribution in [3.63, 3.8) is 0 Å². The molecular formula is C11H12F3N3OS. The number of ether oxygens (including phenoxy) is 1. The largest absolute Gasteiger partial charge is 0.464 e. The van der Waals surface area contributed by atoms with Gasteiger partial charge in [-0.2, -0.15) is 18.2 Å². The fourth-order valence-electron chi connectivity index (χ4n) is 1.46. The van der Waals surface area contributed by atoms with E-state index in [9.17, 15) is 13.2 Å². The van der Waals surface area contributed by atoms with Gasteiger partial charge in [-0.05, 0) is 19.4 Å². The molecule has 8 heteroatoms. The monoisotopic (exact) mass is 291 g/mol. The number of alkyl halides is 3. The number of fused-ring (bicyclic) bond motifs is 1. The van der Waals surface area contributed by atoms with Gasteiger partial charge in [-0.1, -0.05) is 6.92 Å². The van der Waals surface area contributed by atoms with Crippen LogP contribution < -0.4 is 10.5 Å². The highest BCUT2D eigenvalue weighted by Crippen LogP contribution is 2.33. The maximum Gasteiger partial charge on any atom is 0.425 e. The standard InChI is InChI=1S/C11H12F3N3OS/c1-3-6-4-7-8(18-5(2)11(12,13)14)16-10(15)17-9(7)19-6/h4-5H,3H2,1-2H3,(H2,15,16,17). The van der Waals surface area contributed by atoms with E-state index in [0.29, 0.717) is 10.2 Å². The first-order chi connectivity index (χ1) is 8.81. The summed E-state index contributed by atoms with van der Waals surface area (Å²) in [6.07, 6.45) is -5.64. The van der Waals surface area contributed by atoms with Crippen LogP contribution in [-0.2, 0) is 6.42 Å². The van der Waals surface area contributed by atoms with Gasteiger partial charge in [0.15, 0.2) is 6.10 Å². The Bertz CT molecular complexity index is 597. The molecule has 19 heavy (non-hydrogen) atoms. The minimum Gasteiger partial charge on any atom is -0.464 e. The van der Waals surface area contributed by atoms with Crippen molar-refractivity contribution in [1.82, 2.24) is 9.97 Å². The lowest BCUT2D eigenvalue weighted by Crippen LogP contribution is -2.31. The predicted octanol–water partition coefficient (Wildman–Crippen LogP) is 3.17. The van der Waals surface area contributed by atoms with Gasteiger partial charge in [0.1, 0.15) is 4.83 Å². The smallest absolute Gasteiger partial charge is 0.425 e. The molecule has 2 heterocycles. The van der Waals surface area contributed by atoms with E-state index in [1.165, 1.54) is 11.3 Å². The molecule has 0 aromatic carbocycles. The Morgan fingerprint density at radius 1 is 1.42 bits per heavy atom. The topological polar surface area (TPSA) is 61.0 Å². The SMILES string of the molecule is CCc1cc2c(OC(C)C(F)(F)F)nc(N)nc2s1. The van der Waals surface area contributed by atoms with Crippen molar-refractivity contribution < 1.29 is 17.9 Å². The molecule has 4 nitrogen and oxygen atoms in total. The van der Waals surface area contributed by atoms with Gasteiger partial charge < -0.3 is 10.5 Å². The molecule has 0 saturated carbocycles. The molecule has 0 fully saturated rings. The molecule has 0 aliphatic heterocycles. The number of nitrogen functional groups attached to an aromatic ring is 1. The Morgan fingerprint density at radius 3 is 2.68 bits per heavy atom. The Morgan fingerprint density at radius 2 is 2.11 bits per heavy atom. The third-order valence-electron chi connectivity index (χ3n) is 2.52. The van der Waals surface area contributed by atoms with Crippen molar-refractivity contribution in [2.24, 2.45) is 0 Å². The Balaban J connectivity index is 2.44. The number of aromatic nitrogens is 2. The number of hydrogen-bond donors (Lipinski definition) is 1.